The van der Waals surface area contributed by atoms with Gasteiger partial charge in [-0.3, -0.25) is 29.3 Å². The van der Waals surface area contributed by atoms with Gasteiger partial charge in [-0.1, -0.05) is 53.9 Å². The van der Waals surface area contributed by atoms with E-state index < -0.39 is 70.4 Å². The van der Waals surface area contributed by atoms with Gasteiger partial charge in [0.05, 0.1) is 11.1 Å². The van der Waals surface area contributed by atoms with Gasteiger partial charge in [-0.2, -0.15) is 0 Å². The standard InChI is InChI=1S/C42H57F2N7O5/c1-11-14-32(51(10)39(56)42(23-33(42)40(6,7)8)49-35(52)26-15-17-50(9)18-16-26)37(54)48-41(22-30(41)27-19-28(43)21-29(44)20-27)24-46-31(12-2)36(53)47-34(25(4)5)38(55)45-13-3/h2,15-21,25,30-34,46H,11,13-14,22-24H2,1,3-10H3,(H3-,45,47,48,49,52,53,54,55)/p+1/t30-,31-,32-,33-,34-,41?,42?/m0/s1. The van der Waals surface area contributed by atoms with Crippen molar-refractivity contribution in [2.75, 3.05) is 20.1 Å². The van der Waals surface area contributed by atoms with Crippen LogP contribution in [0.5, 0.6) is 0 Å². The van der Waals surface area contributed by atoms with Crippen LogP contribution in [0, 0.1) is 41.2 Å². The zero-order valence-electron chi connectivity index (χ0n) is 34.0. The molecule has 304 valence electrons. The maximum atomic E-state index is 14.6. The minimum Gasteiger partial charge on any atom is -0.355 e. The molecule has 0 saturated heterocycles. The summed E-state index contributed by atoms with van der Waals surface area (Å²) in [7, 11) is 3.38. The van der Waals surface area contributed by atoms with Crippen LogP contribution in [0.15, 0.2) is 42.7 Å². The second kappa shape index (κ2) is 17.5. The topological polar surface area (TPSA) is 153 Å². The normalized spacial score (nSPS) is 22.8. The van der Waals surface area contributed by atoms with Crippen LogP contribution < -0.4 is 31.2 Å². The van der Waals surface area contributed by atoms with Gasteiger partial charge in [0.25, 0.3) is 5.91 Å². The van der Waals surface area contributed by atoms with Crippen LogP contribution in [0.25, 0.3) is 0 Å². The van der Waals surface area contributed by atoms with E-state index in [9.17, 15) is 32.8 Å². The number of carbonyl (C=O) groups is 5. The molecule has 0 aliphatic heterocycles. The van der Waals surface area contributed by atoms with Crippen LogP contribution in [0.4, 0.5) is 8.78 Å². The number of rotatable bonds is 17. The highest BCUT2D eigenvalue weighted by Crippen LogP contribution is 2.55. The fourth-order valence-electron chi connectivity index (χ4n) is 7.69. The molecular formula is C42H58F2N7O5+. The van der Waals surface area contributed by atoms with Gasteiger partial charge in [0.2, 0.25) is 23.6 Å². The lowest BCUT2D eigenvalue weighted by Crippen LogP contribution is -2.60. The molecule has 1 aromatic carbocycles. The van der Waals surface area contributed by atoms with Gasteiger partial charge in [-0.05, 0) is 61.1 Å². The van der Waals surface area contributed by atoms with Crippen LogP contribution in [0.2, 0.25) is 0 Å². The smallest absolute Gasteiger partial charge is 0.252 e. The number of halogens is 2. The minimum absolute atomic E-state index is 0.0746. The van der Waals surface area contributed by atoms with Crippen molar-refractivity contribution in [3.05, 3.63) is 65.5 Å². The number of amides is 5. The molecule has 0 bridgehead atoms. The van der Waals surface area contributed by atoms with Crippen LogP contribution in [-0.2, 0) is 26.2 Å². The van der Waals surface area contributed by atoms with Gasteiger partial charge < -0.3 is 26.2 Å². The number of pyridine rings is 1. The third-order valence-electron chi connectivity index (χ3n) is 11.0. The first-order valence-electron chi connectivity index (χ1n) is 19.3. The van der Waals surface area contributed by atoms with Crippen molar-refractivity contribution < 1.29 is 37.3 Å². The first-order chi connectivity index (χ1) is 26.2. The molecule has 2 aliphatic rings. The second-order valence-electron chi connectivity index (χ2n) is 16.7. The predicted molar refractivity (Wildman–Crippen MR) is 208 cm³/mol. The Morgan fingerprint density at radius 3 is 2.12 bits per heavy atom. The molecule has 14 heteroatoms. The summed E-state index contributed by atoms with van der Waals surface area (Å²) in [4.78, 5) is 69.9. The zero-order valence-corrected chi connectivity index (χ0v) is 34.0. The Bertz CT molecular complexity index is 1820. The van der Waals surface area contributed by atoms with Gasteiger partial charge in [0.15, 0.2) is 12.4 Å². The average Bonchev–Trinajstić information content (AvgIpc) is 4.03. The molecule has 5 amide bonds. The number of aromatic nitrogens is 1. The van der Waals surface area contributed by atoms with E-state index in [0.717, 1.165) is 6.07 Å². The summed E-state index contributed by atoms with van der Waals surface area (Å²) in [5.74, 6) is -2.47. The second-order valence-corrected chi connectivity index (χ2v) is 16.7. The highest BCUT2D eigenvalue weighted by atomic mass is 19.1. The van der Waals surface area contributed by atoms with E-state index in [0.29, 0.717) is 30.5 Å². The first kappa shape index (κ1) is 43.8. The van der Waals surface area contributed by atoms with E-state index in [2.05, 4.69) is 32.5 Å². The van der Waals surface area contributed by atoms with E-state index in [1.54, 1.807) is 56.9 Å². The van der Waals surface area contributed by atoms with Gasteiger partial charge >= 0.3 is 0 Å². The van der Waals surface area contributed by atoms with Crippen molar-refractivity contribution in [1.82, 2.24) is 31.5 Å². The fraction of sp³-hybridized carbons (Fsp3) is 0.571. The Hall–Kier alpha value is -4.90. The lowest BCUT2D eigenvalue weighted by molar-refractivity contribution is -0.671. The molecule has 12 nitrogen and oxygen atoms in total. The number of terminal acetylenes is 1. The summed E-state index contributed by atoms with van der Waals surface area (Å²) in [6, 6.07) is 3.45. The number of carbonyl (C=O) groups excluding carboxylic acids is 5. The molecule has 56 heavy (non-hydrogen) atoms. The molecule has 4 rings (SSSR count). The van der Waals surface area contributed by atoms with Gasteiger partial charge in [0.1, 0.15) is 42.3 Å². The molecule has 1 aromatic heterocycles. The summed E-state index contributed by atoms with van der Waals surface area (Å²) in [5, 5.41) is 14.6. The summed E-state index contributed by atoms with van der Waals surface area (Å²) in [5.41, 5.74) is -2.04. The van der Waals surface area contributed by atoms with E-state index in [4.69, 9.17) is 6.42 Å². The van der Waals surface area contributed by atoms with Crippen molar-refractivity contribution in [3.63, 3.8) is 0 Å². The minimum atomic E-state index is -1.25. The Morgan fingerprint density at radius 2 is 1.61 bits per heavy atom. The van der Waals surface area contributed by atoms with Crippen molar-refractivity contribution in [2.45, 2.75) is 109 Å². The van der Waals surface area contributed by atoms with E-state index in [-0.39, 0.29) is 42.5 Å². The van der Waals surface area contributed by atoms with Crippen molar-refractivity contribution in [1.29, 1.82) is 0 Å². The Kier molecular flexibility index (Phi) is 13.7. The molecule has 2 aromatic rings. The average molecular weight is 779 g/mol. The number of hydrogen-bond donors (Lipinski definition) is 5. The number of aryl methyl sites for hydroxylation is 1. The van der Waals surface area contributed by atoms with Gasteiger partial charge in [-0.15, -0.1) is 6.42 Å². The summed E-state index contributed by atoms with van der Waals surface area (Å²) in [6.45, 7) is 13.5. The van der Waals surface area contributed by atoms with Crippen molar-refractivity contribution >= 4 is 29.5 Å². The molecule has 2 aliphatic carbocycles. The first-order valence-corrected chi connectivity index (χ1v) is 19.3. The lowest BCUT2D eigenvalue weighted by atomic mass is 9.86. The highest BCUT2D eigenvalue weighted by molar-refractivity contribution is 6.02. The molecular weight excluding hydrogens is 721 g/mol. The Morgan fingerprint density at radius 1 is 0.982 bits per heavy atom. The predicted octanol–water partition coefficient (Wildman–Crippen LogP) is 2.86. The fourth-order valence-corrected chi connectivity index (χ4v) is 7.69. The van der Waals surface area contributed by atoms with Crippen LogP contribution in [0.3, 0.4) is 0 Å². The number of hydrogen-bond acceptors (Lipinski definition) is 6. The van der Waals surface area contributed by atoms with Crippen LogP contribution in [-0.4, -0.2) is 83.8 Å². The number of likely N-dealkylation sites (N-methyl/N-ethyl adjacent to an activating group) is 2. The number of nitrogens with zero attached hydrogens (tertiary/aromatic N) is 2. The number of benzene rings is 1. The third-order valence-corrected chi connectivity index (χ3v) is 11.0. The van der Waals surface area contributed by atoms with Crippen molar-refractivity contribution in [3.8, 4) is 12.3 Å². The molecule has 1 heterocycles. The highest BCUT2D eigenvalue weighted by Gasteiger charge is 2.66. The molecule has 0 spiro atoms. The Labute approximate surface area is 329 Å². The lowest BCUT2D eigenvalue weighted by Gasteiger charge is -2.34. The maximum Gasteiger partial charge on any atom is 0.252 e. The SMILES string of the molecule is C#C[C@H](NCC1(NC(=O)[C@H](CCC)N(C)C(=O)C2(NC(=O)c3cc[n+](C)cc3)C[C@H]2C(C)(C)C)C[C@H]1c1cc(F)cc(F)c1)C(=O)N[C@H](C(=O)NCC)C(C)C. The summed E-state index contributed by atoms with van der Waals surface area (Å²) in [6.07, 6.45) is 10.7. The van der Waals surface area contributed by atoms with E-state index >= 15 is 0 Å². The summed E-state index contributed by atoms with van der Waals surface area (Å²) < 4.78 is 30.7. The molecule has 2 unspecified atom stereocenters. The Balaban J connectivity index is 1.60. The van der Waals surface area contributed by atoms with Gasteiger partial charge in [0, 0.05) is 44.3 Å². The van der Waals surface area contributed by atoms with Crippen molar-refractivity contribution in [2.24, 2.45) is 24.3 Å². The summed E-state index contributed by atoms with van der Waals surface area (Å²) >= 11 is 0. The van der Waals surface area contributed by atoms with Crippen LogP contribution >= 0.6 is 0 Å². The third kappa shape index (κ3) is 9.90. The van der Waals surface area contributed by atoms with Gasteiger partial charge in [-0.25, -0.2) is 13.3 Å². The molecule has 2 fully saturated rings. The molecule has 0 radical (unpaired) electrons. The molecule has 2 saturated carbocycles. The maximum absolute atomic E-state index is 14.6. The molecule has 5 N–H and O–H groups in total. The molecule has 7 atom stereocenters. The largest absolute Gasteiger partial charge is 0.355 e. The van der Waals surface area contributed by atoms with E-state index in [1.807, 2.05) is 34.7 Å². The van der Waals surface area contributed by atoms with E-state index in [1.165, 1.54) is 17.0 Å². The number of nitrogens with one attached hydrogen (secondary N) is 5. The van der Waals surface area contributed by atoms with Crippen LogP contribution in [0.1, 0.15) is 96.0 Å². The monoisotopic (exact) mass is 778 g/mol. The zero-order chi connectivity index (χ0) is 41.7. The quantitative estimate of drug-likeness (QED) is 0.123.